The lowest BCUT2D eigenvalue weighted by molar-refractivity contribution is 0.591. The van der Waals surface area contributed by atoms with Crippen LogP contribution in [0.5, 0.6) is 0 Å². The van der Waals surface area contributed by atoms with Gasteiger partial charge in [-0.1, -0.05) is 75.4 Å². The number of aromatic nitrogens is 3. The minimum absolute atomic E-state index is 0.129. The Bertz CT molecular complexity index is 2100. The van der Waals surface area contributed by atoms with Crippen LogP contribution in [0.1, 0.15) is 26.3 Å². The minimum atomic E-state index is 0.129. The van der Waals surface area contributed by atoms with Gasteiger partial charge in [-0.2, -0.15) is 0 Å². The molecule has 3 aromatic heterocycles. The second kappa shape index (κ2) is 5.87. The van der Waals surface area contributed by atoms with Gasteiger partial charge in [-0.05, 0) is 62.9 Å². The van der Waals surface area contributed by atoms with Crippen LogP contribution in [0.2, 0.25) is 0 Å². The third-order valence-corrected chi connectivity index (χ3v) is 7.54. The molecule has 0 saturated heterocycles. The second-order valence-electron chi connectivity index (χ2n) is 10.6. The first kappa shape index (κ1) is 18.3. The van der Waals surface area contributed by atoms with Crippen LogP contribution in [0.15, 0.2) is 84.9 Å². The number of hydrogen-bond acceptors (Lipinski definition) is 1. The predicted octanol–water partition coefficient (Wildman–Crippen LogP) is 8.09. The van der Waals surface area contributed by atoms with E-state index in [4.69, 9.17) is 4.98 Å². The molecular weight excluding hydrogens is 414 g/mol. The number of para-hydroxylation sites is 1. The fourth-order valence-electron chi connectivity index (χ4n) is 5.78. The molecule has 0 saturated carbocycles. The average Bonchev–Trinajstić information content (AvgIpc) is 3.45. The van der Waals surface area contributed by atoms with Gasteiger partial charge in [0.1, 0.15) is 0 Å². The molecule has 0 aliphatic rings. The zero-order valence-corrected chi connectivity index (χ0v) is 19.4. The Labute approximate surface area is 196 Å². The molecule has 0 N–H and O–H groups in total. The number of benzene rings is 5. The van der Waals surface area contributed by atoms with Gasteiger partial charge in [0.2, 0.25) is 5.78 Å². The average molecular weight is 438 g/mol. The first-order chi connectivity index (χ1) is 16.5. The second-order valence-corrected chi connectivity index (χ2v) is 10.6. The summed E-state index contributed by atoms with van der Waals surface area (Å²) in [6.45, 7) is 6.82. The van der Waals surface area contributed by atoms with E-state index in [1.165, 1.54) is 54.4 Å². The van der Waals surface area contributed by atoms with Crippen LogP contribution in [0, 0.1) is 0 Å². The molecule has 0 aliphatic heterocycles. The van der Waals surface area contributed by atoms with Crippen molar-refractivity contribution in [3.05, 3.63) is 90.5 Å². The largest absolute Gasteiger partial charge is 0.277 e. The van der Waals surface area contributed by atoms with E-state index in [-0.39, 0.29) is 5.41 Å². The van der Waals surface area contributed by atoms with Crippen LogP contribution < -0.4 is 0 Å². The Balaban J connectivity index is 1.56. The van der Waals surface area contributed by atoms with Crippen molar-refractivity contribution in [2.45, 2.75) is 26.2 Å². The van der Waals surface area contributed by atoms with Crippen LogP contribution in [0.4, 0.5) is 0 Å². The molecule has 0 spiro atoms. The standard InChI is InChI=1S/C31H23N3/c1-31(2,3)22-12-11-20-16-27-24(14-21(20)13-22)23-9-6-10-26-29(23)34(27)30-32-25-15-18-7-4-5-8-19(18)17-28(25)33(26)30/h4-17H,1-3H3. The Morgan fingerprint density at radius 3 is 2.18 bits per heavy atom. The number of rotatable bonds is 0. The first-order valence-corrected chi connectivity index (χ1v) is 11.9. The monoisotopic (exact) mass is 437 g/mol. The maximum Gasteiger partial charge on any atom is 0.220 e. The summed E-state index contributed by atoms with van der Waals surface area (Å²) in [5.74, 6) is 0.983. The topological polar surface area (TPSA) is 21.7 Å². The van der Waals surface area contributed by atoms with Crippen molar-refractivity contribution in [1.29, 1.82) is 0 Å². The van der Waals surface area contributed by atoms with E-state index in [0.29, 0.717) is 0 Å². The predicted molar refractivity (Wildman–Crippen MR) is 144 cm³/mol. The van der Waals surface area contributed by atoms with Crippen molar-refractivity contribution in [3.8, 4) is 0 Å². The molecule has 34 heavy (non-hydrogen) atoms. The maximum atomic E-state index is 5.16. The Morgan fingerprint density at radius 1 is 0.588 bits per heavy atom. The third kappa shape index (κ3) is 2.19. The molecule has 3 heterocycles. The van der Waals surface area contributed by atoms with Crippen molar-refractivity contribution in [3.63, 3.8) is 0 Å². The van der Waals surface area contributed by atoms with E-state index in [2.05, 4.69) is 115 Å². The quantitative estimate of drug-likeness (QED) is 0.235. The van der Waals surface area contributed by atoms with Crippen LogP contribution in [-0.2, 0) is 5.41 Å². The van der Waals surface area contributed by atoms with Gasteiger partial charge >= 0.3 is 0 Å². The fraction of sp³-hybridized carbons (Fsp3) is 0.129. The number of imidazole rings is 2. The number of fused-ring (bicyclic) bond motifs is 10. The van der Waals surface area contributed by atoms with Gasteiger partial charge in [0, 0.05) is 10.8 Å². The van der Waals surface area contributed by atoms with Crippen molar-refractivity contribution in [2.75, 3.05) is 0 Å². The van der Waals surface area contributed by atoms with Gasteiger partial charge < -0.3 is 0 Å². The number of hydrogen-bond donors (Lipinski definition) is 0. The van der Waals surface area contributed by atoms with Crippen molar-refractivity contribution in [2.24, 2.45) is 0 Å². The summed E-state index contributed by atoms with van der Waals surface area (Å²) in [7, 11) is 0. The lowest BCUT2D eigenvalue weighted by atomic mass is 9.86. The summed E-state index contributed by atoms with van der Waals surface area (Å²) in [5, 5.41) is 7.61. The van der Waals surface area contributed by atoms with Crippen LogP contribution >= 0.6 is 0 Å². The zero-order valence-electron chi connectivity index (χ0n) is 19.4. The van der Waals surface area contributed by atoms with Crippen molar-refractivity contribution >= 4 is 65.7 Å². The normalized spacial score (nSPS) is 13.1. The van der Waals surface area contributed by atoms with Gasteiger partial charge in [-0.15, -0.1) is 0 Å². The summed E-state index contributed by atoms with van der Waals surface area (Å²) in [6.07, 6.45) is 0. The lowest BCUT2D eigenvalue weighted by Crippen LogP contribution is -2.10. The molecule has 8 aromatic rings. The van der Waals surface area contributed by atoms with Gasteiger partial charge in [0.15, 0.2) is 0 Å². The van der Waals surface area contributed by atoms with E-state index in [0.717, 1.165) is 16.8 Å². The minimum Gasteiger partial charge on any atom is -0.277 e. The van der Waals surface area contributed by atoms with E-state index in [9.17, 15) is 0 Å². The van der Waals surface area contributed by atoms with Gasteiger partial charge in [0.25, 0.3) is 0 Å². The molecule has 0 atom stereocenters. The van der Waals surface area contributed by atoms with Crippen LogP contribution in [0.25, 0.3) is 65.7 Å². The lowest BCUT2D eigenvalue weighted by Gasteiger charge is -2.19. The molecule has 0 fully saturated rings. The molecule has 3 heteroatoms. The highest BCUT2D eigenvalue weighted by atomic mass is 15.2. The maximum absolute atomic E-state index is 5.16. The third-order valence-electron chi connectivity index (χ3n) is 7.54. The molecule has 0 amide bonds. The Kier molecular flexibility index (Phi) is 3.16. The molecule has 5 aromatic carbocycles. The van der Waals surface area contributed by atoms with E-state index >= 15 is 0 Å². The van der Waals surface area contributed by atoms with Gasteiger partial charge in [-0.25, -0.2) is 4.98 Å². The fourth-order valence-corrected chi connectivity index (χ4v) is 5.78. The van der Waals surface area contributed by atoms with Crippen LogP contribution in [0.3, 0.4) is 0 Å². The molecule has 8 rings (SSSR count). The SMILES string of the molecule is CC(C)(C)c1ccc2cc3c(cc2c1)c1cccc2c1n3c1nc3cc4ccccc4cc3n21. The molecule has 0 unspecified atom stereocenters. The molecule has 162 valence electrons. The summed E-state index contributed by atoms with van der Waals surface area (Å²) in [6, 6.07) is 31.3. The first-order valence-electron chi connectivity index (χ1n) is 11.9. The molecule has 0 aliphatic carbocycles. The Morgan fingerprint density at radius 2 is 1.35 bits per heavy atom. The highest BCUT2D eigenvalue weighted by Crippen LogP contribution is 2.39. The van der Waals surface area contributed by atoms with Gasteiger partial charge in [0.05, 0.1) is 27.6 Å². The molecule has 0 bridgehead atoms. The highest BCUT2D eigenvalue weighted by molar-refractivity contribution is 6.18. The Hall–Kier alpha value is -4.11. The molecule has 0 radical (unpaired) electrons. The van der Waals surface area contributed by atoms with E-state index in [1.54, 1.807) is 0 Å². The molecule has 3 nitrogen and oxygen atoms in total. The highest BCUT2D eigenvalue weighted by Gasteiger charge is 2.21. The summed E-state index contributed by atoms with van der Waals surface area (Å²) >= 11 is 0. The van der Waals surface area contributed by atoms with Crippen molar-refractivity contribution in [1.82, 2.24) is 13.8 Å². The smallest absolute Gasteiger partial charge is 0.220 e. The summed E-state index contributed by atoms with van der Waals surface area (Å²) in [5.41, 5.74) is 7.37. The molecular formula is C31H23N3. The number of nitrogens with zero attached hydrogens (tertiary/aromatic N) is 3. The summed E-state index contributed by atoms with van der Waals surface area (Å²) < 4.78 is 4.69. The summed E-state index contributed by atoms with van der Waals surface area (Å²) in [4.78, 5) is 5.16. The van der Waals surface area contributed by atoms with E-state index in [1.807, 2.05) is 0 Å². The zero-order chi connectivity index (χ0) is 22.8. The van der Waals surface area contributed by atoms with Crippen LogP contribution in [-0.4, -0.2) is 13.8 Å². The van der Waals surface area contributed by atoms with Crippen molar-refractivity contribution < 1.29 is 0 Å². The van der Waals surface area contributed by atoms with Gasteiger partial charge in [-0.3, -0.25) is 8.80 Å². The van der Waals surface area contributed by atoms with E-state index < -0.39 is 0 Å².